The summed E-state index contributed by atoms with van der Waals surface area (Å²) in [6.45, 7) is 2.25. The molecule has 8 nitrogen and oxygen atoms in total. The number of unbranched alkanes of at least 4 members (excludes halogenated alkanes) is 1. The van der Waals surface area contributed by atoms with Crippen molar-refractivity contribution in [1.29, 1.82) is 5.26 Å². The predicted octanol–water partition coefficient (Wildman–Crippen LogP) is 2.71. The van der Waals surface area contributed by atoms with Crippen LogP contribution in [0.2, 0.25) is 0 Å². The van der Waals surface area contributed by atoms with Gasteiger partial charge in [0.05, 0.1) is 13.0 Å². The average molecular weight is 368 g/mol. The second kappa shape index (κ2) is 6.76. The number of aromatic nitrogens is 2. The van der Waals surface area contributed by atoms with Crippen LogP contribution in [0.3, 0.4) is 0 Å². The first-order valence-corrected chi connectivity index (χ1v) is 8.80. The summed E-state index contributed by atoms with van der Waals surface area (Å²) in [4.78, 5) is 0. The number of aromatic amines is 1. The zero-order valence-electron chi connectivity index (χ0n) is 15.2. The van der Waals surface area contributed by atoms with E-state index in [1.165, 1.54) is 0 Å². The van der Waals surface area contributed by atoms with Crippen LogP contribution < -0.4 is 24.7 Å². The second-order valence-corrected chi connectivity index (χ2v) is 6.41. The van der Waals surface area contributed by atoms with Crippen LogP contribution in [-0.4, -0.2) is 24.1 Å². The maximum Gasteiger partial charge on any atom is 0.244 e. The van der Waals surface area contributed by atoms with Crippen LogP contribution >= 0.6 is 0 Å². The van der Waals surface area contributed by atoms with Crippen molar-refractivity contribution in [3.8, 4) is 29.2 Å². The van der Waals surface area contributed by atoms with E-state index >= 15 is 0 Å². The Balaban J connectivity index is 1.89. The van der Waals surface area contributed by atoms with Crippen LogP contribution in [0.4, 0.5) is 0 Å². The summed E-state index contributed by atoms with van der Waals surface area (Å²) < 4.78 is 22.1. The lowest BCUT2D eigenvalue weighted by molar-refractivity contribution is 0.171. The lowest BCUT2D eigenvalue weighted by atomic mass is 9.83. The Morgan fingerprint density at radius 1 is 1.41 bits per heavy atom. The van der Waals surface area contributed by atoms with Gasteiger partial charge in [-0.2, -0.15) is 5.26 Å². The summed E-state index contributed by atoms with van der Waals surface area (Å²) in [5.41, 5.74) is 8.93. The van der Waals surface area contributed by atoms with E-state index in [9.17, 15) is 5.26 Å². The quantitative estimate of drug-likeness (QED) is 0.833. The van der Waals surface area contributed by atoms with E-state index in [0.717, 1.165) is 36.1 Å². The fourth-order valence-electron chi connectivity index (χ4n) is 3.50. The standard InChI is InChI=1S/C19H20N4O4/c1-3-4-5-12-16-15(11(8-20)18(21)27-19(16)23-22-12)10-6-13(24-2)17-14(7-10)25-9-26-17/h6-7,15H,3-5,9,21H2,1-2H3,(H,22,23). The first kappa shape index (κ1) is 17.1. The third kappa shape index (κ3) is 2.72. The highest BCUT2D eigenvalue weighted by atomic mass is 16.7. The Bertz CT molecular complexity index is 957. The van der Waals surface area contributed by atoms with E-state index in [0.29, 0.717) is 28.7 Å². The minimum Gasteiger partial charge on any atom is -0.493 e. The van der Waals surface area contributed by atoms with Gasteiger partial charge in [0, 0.05) is 11.3 Å². The van der Waals surface area contributed by atoms with E-state index < -0.39 is 5.92 Å². The molecule has 0 amide bonds. The molecule has 1 unspecified atom stereocenters. The molecule has 2 aliphatic rings. The maximum absolute atomic E-state index is 9.76. The number of nitrogens with two attached hydrogens (primary N) is 1. The van der Waals surface area contributed by atoms with Crippen LogP contribution in [0.1, 0.15) is 42.5 Å². The van der Waals surface area contributed by atoms with E-state index in [2.05, 4.69) is 23.2 Å². The number of nitrogens with zero attached hydrogens (tertiary/aromatic N) is 2. The van der Waals surface area contributed by atoms with Gasteiger partial charge in [-0.1, -0.05) is 13.3 Å². The number of H-pyrrole nitrogens is 1. The number of fused-ring (bicyclic) bond motifs is 2. The highest BCUT2D eigenvalue weighted by Gasteiger charge is 2.36. The summed E-state index contributed by atoms with van der Waals surface area (Å²) in [5, 5.41) is 17.1. The molecule has 0 spiro atoms. The van der Waals surface area contributed by atoms with E-state index in [1.54, 1.807) is 7.11 Å². The van der Waals surface area contributed by atoms with Gasteiger partial charge in [-0.15, -0.1) is 5.10 Å². The molecule has 0 radical (unpaired) electrons. The summed E-state index contributed by atoms with van der Waals surface area (Å²) in [7, 11) is 1.57. The minimum atomic E-state index is -0.423. The van der Waals surface area contributed by atoms with Gasteiger partial charge in [0.15, 0.2) is 11.5 Å². The van der Waals surface area contributed by atoms with Crippen molar-refractivity contribution in [3.63, 3.8) is 0 Å². The Morgan fingerprint density at radius 2 is 2.26 bits per heavy atom. The first-order valence-electron chi connectivity index (χ1n) is 8.80. The van der Waals surface area contributed by atoms with Gasteiger partial charge in [-0.3, -0.25) is 5.10 Å². The summed E-state index contributed by atoms with van der Waals surface area (Å²) in [6.07, 6.45) is 2.84. The lowest BCUT2D eigenvalue weighted by Gasteiger charge is -2.24. The van der Waals surface area contributed by atoms with Gasteiger partial charge < -0.3 is 24.7 Å². The van der Waals surface area contributed by atoms with Gasteiger partial charge in [0.25, 0.3) is 0 Å². The molecule has 3 N–H and O–H groups in total. The van der Waals surface area contributed by atoms with Gasteiger partial charge in [0.1, 0.15) is 11.6 Å². The molecule has 0 aliphatic carbocycles. The molecule has 2 aliphatic heterocycles. The monoisotopic (exact) mass is 368 g/mol. The molecule has 0 bridgehead atoms. The number of methoxy groups -OCH3 is 1. The highest BCUT2D eigenvalue weighted by Crippen LogP contribution is 2.48. The van der Waals surface area contributed by atoms with Crippen LogP contribution in [0.25, 0.3) is 0 Å². The number of ether oxygens (including phenoxy) is 4. The summed E-state index contributed by atoms with van der Waals surface area (Å²) >= 11 is 0. The molecular formula is C19H20N4O4. The lowest BCUT2D eigenvalue weighted by Crippen LogP contribution is -2.21. The molecule has 2 aromatic rings. The maximum atomic E-state index is 9.76. The van der Waals surface area contributed by atoms with Crippen molar-refractivity contribution >= 4 is 0 Å². The largest absolute Gasteiger partial charge is 0.493 e. The molecule has 8 heteroatoms. The number of allylic oxidation sites excluding steroid dienone is 1. The number of hydrogen-bond donors (Lipinski definition) is 2. The number of nitriles is 1. The SMILES string of the molecule is CCCCc1[nH]nc2c1C(c1cc(OC)c3c(c1)OCO3)C(C#N)=C(N)O2. The van der Waals surface area contributed by atoms with Gasteiger partial charge in [-0.05, 0) is 30.5 Å². The van der Waals surface area contributed by atoms with Crippen LogP contribution in [0, 0.1) is 11.3 Å². The molecule has 3 heterocycles. The molecule has 0 saturated carbocycles. The molecule has 0 saturated heterocycles. The fourth-order valence-corrected chi connectivity index (χ4v) is 3.50. The topological polar surface area (TPSA) is 115 Å². The summed E-state index contributed by atoms with van der Waals surface area (Å²) in [5.74, 6) is 1.71. The minimum absolute atomic E-state index is 0.0557. The molecule has 4 rings (SSSR count). The van der Waals surface area contributed by atoms with Crippen LogP contribution in [-0.2, 0) is 6.42 Å². The van der Waals surface area contributed by atoms with E-state index in [4.69, 9.17) is 24.7 Å². The van der Waals surface area contributed by atoms with E-state index in [-0.39, 0.29) is 12.7 Å². The van der Waals surface area contributed by atoms with Crippen molar-refractivity contribution in [2.24, 2.45) is 5.73 Å². The molecule has 1 atom stereocenters. The molecule has 140 valence electrons. The number of nitrogens with one attached hydrogen (secondary N) is 1. The molecule has 27 heavy (non-hydrogen) atoms. The number of benzene rings is 1. The third-order valence-corrected chi connectivity index (χ3v) is 4.81. The predicted molar refractivity (Wildman–Crippen MR) is 95.6 cm³/mol. The first-order chi connectivity index (χ1) is 13.2. The zero-order chi connectivity index (χ0) is 19.0. The Kier molecular flexibility index (Phi) is 4.28. The van der Waals surface area contributed by atoms with Gasteiger partial charge in [-0.25, -0.2) is 0 Å². The average Bonchev–Trinajstić information content (AvgIpc) is 3.31. The molecule has 1 aromatic heterocycles. The van der Waals surface area contributed by atoms with Crippen molar-refractivity contribution in [1.82, 2.24) is 10.2 Å². The Hall–Kier alpha value is -3.34. The number of aryl methyl sites for hydroxylation is 1. The highest BCUT2D eigenvalue weighted by molar-refractivity contribution is 5.61. The van der Waals surface area contributed by atoms with Crippen molar-refractivity contribution in [2.45, 2.75) is 32.1 Å². The zero-order valence-corrected chi connectivity index (χ0v) is 15.2. The molecule has 0 fully saturated rings. The van der Waals surface area contributed by atoms with Gasteiger partial charge >= 0.3 is 0 Å². The fraction of sp³-hybridized carbons (Fsp3) is 0.368. The van der Waals surface area contributed by atoms with Crippen molar-refractivity contribution < 1.29 is 18.9 Å². The van der Waals surface area contributed by atoms with Crippen LogP contribution in [0.5, 0.6) is 23.1 Å². The van der Waals surface area contributed by atoms with Crippen LogP contribution in [0.15, 0.2) is 23.6 Å². The Labute approximate surface area is 156 Å². The smallest absolute Gasteiger partial charge is 0.244 e. The van der Waals surface area contributed by atoms with Crippen molar-refractivity contribution in [3.05, 3.63) is 40.4 Å². The Morgan fingerprint density at radius 3 is 3.00 bits per heavy atom. The second-order valence-electron chi connectivity index (χ2n) is 6.41. The van der Waals surface area contributed by atoms with Gasteiger partial charge in [0.2, 0.25) is 24.3 Å². The summed E-state index contributed by atoms with van der Waals surface area (Å²) in [6, 6.07) is 5.89. The molecule has 1 aromatic carbocycles. The third-order valence-electron chi connectivity index (χ3n) is 4.81. The molecular weight excluding hydrogens is 348 g/mol. The van der Waals surface area contributed by atoms with E-state index in [1.807, 2.05) is 12.1 Å². The van der Waals surface area contributed by atoms with Crippen molar-refractivity contribution in [2.75, 3.05) is 13.9 Å². The normalized spacial score (nSPS) is 17.3. The number of hydrogen-bond acceptors (Lipinski definition) is 7. The number of rotatable bonds is 5.